The Morgan fingerprint density at radius 2 is 1.85 bits per heavy atom. The number of ether oxygens (including phenoxy) is 1. The molecule has 0 aromatic rings. The number of nitrogens with one attached hydrogen (secondary N) is 1. The lowest BCUT2D eigenvalue weighted by molar-refractivity contribution is -0.136. The highest BCUT2D eigenvalue weighted by Crippen LogP contribution is 2.42. The molecule has 4 heteroatoms. The van der Waals surface area contributed by atoms with E-state index in [-0.39, 0.29) is 17.4 Å². The van der Waals surface area contributed by atoms with Crippen LogP contribution in [0.2, 0.25) is 0 Å². The first-order valence-corrected chi connectivity index (χ1v) is 8.04. The molecule has 1 amide bonds. The molecule has 2 rings (SSSR count). The molecule has 20 heavy (non-hydrogen) atoms. The van der Waals surface area contributed by atoms with Crippen molar-refractivity contribution in [3.63, 3.8) is 0 Å². The Balaban J connectivity index is 1.85. The Kier molecular flexibility index (Phi) is 5.08. The average Bonchev–Trinajstić information content (AvgIpc) is 2.70. The van der Waals surface area contributed by atoms with E-state index in [1.165, 1.54) is 12.8 Å². The van der Waals surface area contributed by atoms with Gasteiger partial charge >= 0.3 is 0 Å². The molecule has 2 fully saturated rings. The molecule has 4 nitrogen and oxygen atoms in total. The Morgan fingerprint density at radius 1 is 1.25 bits per heavy atom. The zero-order chi connectivity index (χ0) is 14.8. The van der Waals surface area contributed by atoms with Crippen molar-refractivity contribution in [3.8, 4) is 0 Å². The third-order valence-corrected chi connectivity index (χ3v) is 5.20. The van der Waals surface area contributed by atoms with E-state index in [0.29, 0.717) is 12.1 Å². The molecule has 0 radical (unpaired) electrons. The van der Waals surface area contributed by atoms with Gasteiger partial charge in [-0.25, -0.2) is 0 Å². The van der Waals surface area contributed by atoms with Gasteiger partial charge in [0.25, 0.3) is 0 Å². The molecule has 1 heterocycles. The maximum absolute atomic E-state index is 12.5. The smallest absolute Gasteiger partial charge is 0.239 e. The van der Waals surface area contributed by atoms with Gasteiger partial charge in [-0.05, 0) is 26.2 Å². The summed E-state index contributed by atoms with van der Waals surface area (Å²) in [5.74, 6) is 0.267. The first-order chi connectivity index (χ1) is 9.46. The molecule has 1 saturated heterocycles. The van der Waals surface area contributed by atoms with Gasteiger partial charge in [0.15, 0.2) is 0 Å². The second kappa shape index (κ2) is 6.44. The minimum atomic E-state index is -0.0878. The highest BCUT2D eigenvalue weighted by molar-refractivity contribution is 5.81. The summed E-state index contributed by atoms with van der Waals surface area (Å²) in [6.45, 7) is 8.29. The summed E-state index contributed by atoms with van der Waals surface area (Å²) in [5.41, 5.74) is 0.113. The van der Waals surface area contributed by atoms with Gasteiger partial charge in [-0.15, -0.1) is 0 Å². The van der Waals surface area contributed by atoms with Crippen LogP contribution in [0.1, 0.15) is 52.9 Å². The quantitative estimate of drug-likeness (QED) is 0.859. The van der Waals surface area contributed by atoms with Crippen LogP contribution in [0.4, 0.5) is 0 Å². The number of amides is 1. The Morgan fingerprint density at radius 3 is 2.35 bits per heavy atom. The van der Waals surface area contributed by atoms with Crippen LogP contribution in [0, 0.1) is 5.41 Å². The Bertz CT molecular complexity index is 335. The fourth-order valence-electron chi connectivity index (χ4n) is 3.51. The molecule has 0 aromatic heterocycles. The minimum Gasteiger partial charge on any atom is -0.381 e. The number of likely N-dealkylation sites (tertiary alicyclic amines) is 1. The van der Waals surface area contributed by atoms with Crippen LogP contribution in [0.3, 0.4) is 0 Å². The summed E-state index contributed by atoms with van der Waals surface area (Å²) in [5, 5.41) is 3.52. The van der Waals surface area contributed by atoms with E-state index in [9.17, 15) is 4.79 Å². The summed E-state index contributed by atoms with van der Waals surface area (Å²) in [6, 6.07) is 0.286. The van der Waals surface area contributed by atoms with Gasteiger partial charge in [0.1, 0.15) is 0 Å². The van der Waals surface area contributed by atoms with E-state index in [0.717, 1.165) is 32.4 Å². The summed E-state index contributed by atoms with van der Waals surface area (Å²) in [4.78, 5) is 14.6. The third-order valence-electron chi connectivity index (χ3n) is 5.20. The molecule has 3 unspecified atom stereocenters. The van der Waals surface area contributed by atoms with Gasteiger partial charge in [-0.3, -0.25) is 4.79 Å². The predicted molar refractivity (Wildman–Crippen MR) is 80.6 cm³/mol. The van der Waals surface area contributed by atoms with Crippen LogP contribution in [-0.4, -0.2) is 49.2 Å². The molecule has 0 aromatic carbocycles. The largest absolute Gasteiger partial charge is 0.381 e. The first-order valence-electron chi connectivity index (χ1n) is 8.04. The van der Waals surface area contributed by atoms with E-state index >= 15 is 0 Å². The zero-order valence-electron chi connectivity index (χ0n) is 13.4. The van der Waals surface area contributed by atoms with Gasteiger partial charge in [0.2, 0.25) is 5.91 Å². The standard InChI is InChI=1S/C16H30N2O2/c1-12(15(19)18-9-7-5-6-8-10-18)17-13-11-14(20-4)16(13,2)3/h12-14,17H,5-11H2,1-4H3. The van der Waals surface area contributed by atoms with Crippen LogP contribution >= 0.6 is 0 Å². The maximum Gasteiger partial charge on any atom is 0.239 e. The lowest BCUT2D eigenvalue weighted by Gasteiger charge is -2.52. The monoisotopic (exact) mass is 282 g/mol. The molecule has 1 N–H and O–H groups in total. The van der Waals surface area contributed by atoms with Crippen molar-refractivity contribution in [2.24, 2.45) is 5.41 Å². The van der Waals surface area contributed by atoms with Crippen molar-refractivity contribution in [3.05, 3.63) is 0 Å². The number of hydrogen-bond acceptors (Lipinski definition) is 3. The molecule has 0 bridgehead atoms. The number of hydrogen-bond donors (Lipinski definition) is 1. The van der Waals surface area contributed by atoms with Crippen LogP contribution in [0.5, 0.6) is 0 Å². The highest BCUT2D eigenvalue weighted by atomic mass is 16.5. The van der Waals surface area contributed by atoms with Gasteiger partial charge < -0.3 is 15.0 Å². The van der Waals surface area contributed by atoms with Crippen LogP contribution in [0.25, 0.3) is 0 Å². The van der Waals surface area contributed by atoms with E-state index in [2.05, 4.69) is 19.2 Å². The van der Waals surface area contributed by atoms with E-state index < -0.39 is 0 Å². The molecule has 0 spiro atoms. The number of nitrogens with zero attached hydrogens (tertiary/aromatic N) is 1. The van der Waals surface area contributed by atoms with Crippen LogP contribution in [0.15, 0.2) is 0 Å². The Hall–Kier alpha value is -0.610. The molecule has 2 aliphatic rings. The number of carbonyl (C=O) groups is 1. The summed E-state index contributed by atoms with van der Waals surface area (Å²) in [7, 11) is 1.77. The van der Waals surface area contributed by atoms with Gasteiger partial charge in [-0.1, -0.05) is 26.7 Å². The molecule has 1 aliphatic carbocycles. The minimum absolute atomic E-state index is 0.0878. The fourth-order valence-corrected chi connectivity index (χ4v) is 3.51. The SMILES string of the molecule is COC1CC(NC(C)C(=O)N2CCCCCC2)C1(C)C. The van der Waals surface area contributed by atoms with Gasteiger partial charge in [0, 0.05) is 31.7 Å². The zero-order valence-corrected chi connectivity index (χ0v) is 13.4. The summed E-state index contributed by atoms with van der Waals surface area (Å²) < 4.78 is 5.47. The van der Waals surface area contributed by atoms with Crippen molar-refractivity contribution in [2.75, 3.05) is 20.2 Å². The second-order valence-corrected chi connectivity index (χ2v) is 6.96. The first kappa shape index (κ1) is 15.8. The van der Waals surface area contributed by atoms with E-state index in [4.69, 9.17) is 4.74 Å². The topological polar surface area (TPSA) is 41.6 Å². The summed E-state index contributed by atoms with van der Waals surface area (Å²) >= 11 is 0. The molecule has 1 saturated carbocycles. The van der Waals surface area contributed by atoms with Gasteiger partial charge in [-0.2, -0.15) is 0 Å². The predicted octanol–water partition coefficient (Wildman–Crippen LogP) is 2.18. The second-order valence-electron chi connectivity index (χ2n) is 6.96. The van der Waals surface area contributed by atoms with Crippen LogP contribution < -0.4 is 5.32 Å². The normalized spacial score (nSPS) is 31.3. The number of rotatable bonds is 4. The Labute approximate surface area is 123 Å². The van der Waals surface area contributed by atoms with Crippen molar-refractivity contribution < 1.29 is 9.53 Å². The molecule has 116 valence electrons. The maximum atomic E-state index is 12.5. The van der Waals surface area contributed by atoms with Crippen LogP contribution in [-0.2, 0) is 9.53 Å². The molecular weight excluding hydrogens is 252 g/mol. The van der Waals surface area contributed by atoms with Gasteiger partial charge in [0.05, 0.1) is 12.1 Å². The van der Waals surface area contributed by atoms with Crippen molar-refractivity contribution >= 4 is 5.91 Å². The van der Waals surface area contributed by atoms with Crippen molar-refractivity contribution in [1.29, 1.82) is 0 Å². The average molecular weight is 282 g/mol. The third kappa shape index (κ3) is 3.17. The lowest BCUT2D eigenvalue weighted by Crippen LogP contribution is -2.64. The fraction of sp³-hybridized carbons (Fsp3) is 0.938. The summed E-state index contributed by atoms with van der Waals surface area (Å²) in [6.07, 6.45) is 6.13. The van der Waals surface area contributed by atoms with E-state index in [1.807, 2.05) is 11.8 Å². The van der Waals surface area contributed by atoms with E-state index in [1.54, 1.807) is 7.11 Å². The number of carbonyl (C=O) groups excluding carboxylic acids is 1. The molecule has 3 atom stereocenters. The lowest BCUT2D eigenvalue weighted by atomic mass is 9.64. The highest BCUT2D eigenvalue weighted by Gasteiger charge is 2.49. The number of methoxy groups -OCH3 is 1. The molecule has 1 aliphatic heterocycles. The van der Waals surface area contributed by atoms with Crippen molar-refractivity contribution in [1.82, 2.24) is 10.2 Å². The van der Waals surface area contributed by atoms with Crippen molar-refractivity contribution in [2.45, 2.75) is 71.1 Å². The molecular formula is C16H30N2O2.